The van der Waals surface area contributed by atoms with Crippen LogP contribution in [0, 0.1) is 0 Å². The van der Waals surface area contributed by atoms with Crippen LogP contribution in [-0.4, -0.2) is 42.6 Å². The summed E-state index contributed by atoms with van der Waals surface area (Å²) in [4.78, 5) is 0. The van der Waals surface area contributed by atoms with Crippen LogP contribution in [0.1, 0.15) is 31.7 Å². The Morgan fingerprint density at radius 3 is 2.52 bits per heavy atom. The zero-order valence-electron chi connectivity index (χ0n) is 13.0. The van der Waals surface area contributed by atoms with E-state index in [9.17, 15) is 5.11 Å². The van der Waals surface area contributed by atoms with E-state index in [4.69, 9.17) is 9.84 Å². The fourth-order valence-corrected chi connectivity index (χ4v) is 1.93. The minimum Gasteiger partial charge on any atom is -0.494 e. The number of likely N-dealkylation sites (N-methyl/N-ethyl adjacent to an activating group) is 1. The average molecular weight is 293 g/mol. The zero-order valence-corrected chi connectivity index (χ0v) is 13.0. The van der Waals surface area contributed by atoms with Crippen LogP contribution < -0.4 is 10.1 Å². The normalized spacial score (nSPS) is 14.3. The molecule has 1 aromatic carbocycles. The Labute approximate surface area is 127 Å². The highest BCUT2D eigenvalue weighted by molar-refractivity contribution is 5.51. The Hall–Kier alpha value is -1.36. The second-order valence-corrected chi connectivity index (χ2v) is 5.05. The van der Waals surface area contributed by atoms with Crippen LogP contribution in [0.2, 0.25) is 0 Å². The number of benzene rings is 1. The highest BCUT2D eigenvalue weighted by Gasteiger charge is 2.12. The maximum atomic E-state index is 9.86. The molecule has 0 saturated carbocycles. The summed E-state index contributed by atoms with van der Waals surface area (Å²) < 4.78 is 5.65. The summed E-state index contributed by atoms with van der Waals surface area (Å²) in [6, 6.07) is 7.42. The molecule has 0 bridgehead atoms. The standard InChI is InChI=1S/C17H27NO3/c1-3-4-5-12-21-15-9-6-14(7-10-15)8-11-17(20)16(13-19)18-2/h6-11,16-20H,3-5,12-13H2,1-2H3. The molecule has 0 heterocycles. The SMILES string of the molecule is CCCCCOc1ccc(C=CC(O)C(CO)NC)cc1. The van der Waals surface area contributed by atoms with Gasteiger partial charge in [0.05, 0.1) is 25.4 Å². The monoisotopic (exact) mass is 293 g/mol. The van der Waals surface area contributed by atoms with Gasteiger partial charge in [-0.25, -0.2) is 0 Å². The first-order valence-corrected chi connectivity index (χ1v) is 7.58. The lowest BCUT2D eigenvalue weighted by molar-refractivity contribution is 0.128. The molecule has 21 heavy (non-hydrogen) atoms. The first-order valence-electron chi connectivity index (χ1n) is 7.58. The summed E-state index contributed by atoms with van der Waals surface area (Å²) in [5.74, 6) is 0.868. The van der Waals surface area contributed by atoms with Crippen molar-refractivity contribution in [2.24, 2.45) is 0 Å². The molecule has 0 spiro atoms. The maximum absolute atomic E-state index is 9.86. The molecule has 0 fully saturated rings. The van der Waals surface area contributed by atoms with Crippen LogP contribution in [-0.2, 0) is 0 Å². The lowest BCUT2D eigenvalue weighted by atomic mass is 10.1. The molecule has 118 valence electrons. The van der Waals surface area contributed by atoms with Crippen LogP contribution in [0.4, 0.5) is 0 Å². The van der Waals surface area contributed by atoms with Gasteiger partial charge in [-0.15, -0.1) is 0 Å². The molecule has 4 nitrogen and oxygen atoms in total. The lowest BCUT2D eigenvalue weighted by Gasteiger charge is -2.16. The van der Waals surface area contributed by atoms with Gasteiger partial charge in [0.2, 0.25) is 0 Å². The average Bonchev–Trinajstić information content (AvgIpc) is 2.52. The molecule has 3 N–H and O–H groups in total. The van der Waals surface area contributed by atoms with E-state index >= 15 is 0 Å². The number of rotatable bonds is 10. The summed E-state index contributed by atoms with van der Waals surface area (Å²) >= 11 is 0. The predicted molar refractivity (Wildman–Crippen MR) is 86.4 cm³/mol. The first-order chi connectivity index (χ1) is 10.2. The maximum Gasteiger partial charge on any atom is 0.119 e. The van der Waals surface area contributed by atoms with Gasteiger partial charge in [0.15, 0.2) is 0 Å². The van der Waals surface area contributed by atoms with Gasteiger partial charge >= 0.3 is 0 Å². The van der Waals surface area contributed by atoms with E-state index < -0.39 is 6.10 Å². The van der Waals surface area contributed by atoms with Crippen molar-refractivity contribution < 1.29 is 14.9 Å². The third-order valence-electron chi connectivity index (χ3n) is 3.36. The topological polar surface area (TPSA) is 61.7 Å². The largest absolute Gasteiger partial charge is 0.494 e. The fraction of sp³-hybridized carbons (Fsp3) is 0.529. The van der Waals surface area contributed by atoms with E-state index in [2.05, 4.69) is 12.2 Å². The Balaban J connectivity index is 2.46. The van der Waals surface area contributed by atoms with Crippen LogP contribution in [0.3, 0.4) is 0 Å². The molecule has 0 aromatic heterocycles. The molecule has 0 amide bonds. The van der Waals surface area contributed by atoms with Crippen LogP contribution in [0.15, 0.2) is 30.3 Å². The second-order valence-electron chi connectivity index (χ2n) is 5.05. The van der Waals surface area contributed by atoms with Crippen molar-refractivity contribution in [3.8, 4) is 5.75 Å². The van der Waals surface area contributed by atoms with E-state index in [-0.39, 0.29) is 12.6 Å². The Morgan fingerprint density at radius 2 is 1.95 bits per heavy atom. The van der Waals surface area contributed by atoms with E-state index in [0.717, 1.165) is 24.3 Å². The highest BCUT2D eigenvalue weighted by atomic mass is 16.5. The van der Waals surface area contributed by atoms with Crippen molar-refractivity contribution in [1.29, 1.82) is 0 Å². The first kappa shape index (κ1) is 17.7. The van der Waals surface area contributed by atoms with Crippen LogP contribution in [0.25, 0.3) is 6.08 Å². The molecule has 2 unspecified atom stereocenters. The summed E-state index contributed by atoms with van der Waals surface area (Å²) in [6.07, 6.45) is 6.26. The molecule has 1 aromatic rings. The third-order valence-corrected chi connectivity index (χ3v) is 3.36. The van der Waals surface area contributed by atoms with Gasteiger partial charge in [0, 0.05) is 0 Å². The van der Waals surface area contributed by atoms with Crippen molar-refractivity contribution in [1.82, 2.24) is 5.32 Å². The Morgan fingerprint density at radius 1 is 1.24 bits per heavy atom. The zero-order chi connectivity index (χ0) is 15.5. The van der Waals surface area contributed by atoms with Crippen molar-refractivity contribution in [2.45, 2.75) is 38.3 Å². The smallest absolute Gasteiger partial charge is 0.119 e. The molecule has 0 saturated heterocycles. The summed E-state index contributed by atoms with van der Waals surface area (Å²) in [5, 5.41) is 21.8. The van der Waals surface area contributed by atoms with Gasteiger partial charge in [-0.2, -0.15) is 0 Å². The van der Waals surface area contributed by atoms with Crippen LogP contribution >= 0.6 is 0 Å². The van der Waals surface area contributed by atoms with Crippen molar-refractivity contribution in [3.63, 3.8) is 0 Å². The number of ether oxygens (including phenoxy) is 1. The molecule has 0 radical (unpaired) electrons. The van der Waals surface area contributed by atoms with E-state index in [1.807, 2.05) is 30.3 Å². The minimum atomic E-state index is -0.718. The number of nitrogens with one attached hydrogen (secondary N) is 1. The highest BCUT2D eigenvalue weighted by Crippen LogP contribution is 2.14. The number of aliphatic hydroxyl groups excluding tert-OH is 2. The minimum absolute atomic E-state index is 0.105. The van der Waals surface area contributed by atoms with Gasteiger partial charge in [-0.1, -0.05) is 44.1 Å². The van der Waals surface area contributed by atoms with Gasteiger partial charge in [0.25, 0.3) is 0 Å². The predicted octanol–water partition coefficient (Wildman–Crippen LogP) is 2.21. The number of hydrogen-bond donors (Lipinski definition) is 3. The third kappa shape index (κ3) is 6.76. The summed E-state index contributed by atoms with van der Waals surface area (Å²) in [5.41, 5.74) is 0.989. The molecule has 2 atom stereocenters. The molecule has 0 aliphatic carbocycles. The van der Waals surface area contributed by atoms with Crippen molar-refractivity contribution in [2.75, 3.05) is 20.3 Å². The van der Waals surface area contributed by atoms with Gasteiger partial charge in [0.1, 0.15) is 5.75 Å². The van der Waals surface area contributed by atoms with Crippen LogP contribution in [0.5, 0.6) is 5.75 Å². The molecular formula is C17H27NO3. The van der Waals surface area contributed by atoms with Crippen molar-refractivity contribution in [3.05, 3.63) is 35.9 Å². The number of hydrogen-bond acceptors (Lipinski definition) is 4. The molecule has 0 aliphatic rings. The fourth-order valence-electron chi connectivity index (χ4n) is 1.93. The van der Waals surface area contributed by atoms with Crippen molar-refractivity contribution >= 4 is 6.08 Å². The van der Waals surface area contributed by atoms with E-state index in [0.29, 0.717) is 0 Å². The van der Waals surface area contributed by atoms with E-state index in [1.54, 1.807) is 13.1 Å². The number of aliphatic hydroxyl groups is 2. The van der Waals surface area contributed by atoms with Gasteiger partial charge < -0.3 is 20.3 Å². The lowest BCUT2D eigenvalue weighted by Crippen LogP contribution is -2.39. The number of unbranched alkanes of at least 4 members (excludes halogenated alkanes) is 2. The van der Waals surface area contributed by atoms with Gasteiger partial charge in [-0.05, 0) is 31.2 Å². The molecule has 1 rings (SSSR count). The van der Waals surface area contributed by atoms with Gasteiger partial charge in [-0.3, -0.25) is 0 Å². The Kier molecular flexibility index (Phi) is 8.74. The molecule has 0 aliphatic heterocycles. The summed E-state index contributed by atoms with van der Waals surface area (Å²) in [6.45, 7) is 2.82. The quantitative estimate of drug-likeness (QED) is 0.579. The summed E-state index contributed by atoms with van der Waals surface area (Å²) in [7, 11) is 1.71. The molecular weight excluding hydrogens is 266 g/mol. The Bertz CT molecular complexity index is 399. The molecule has 4 heteroatoms. The second kappa shape index (κ2) is 10.4. The van der Waals surface area contributed by atoms with E-state index in [1.165, 1.54) is 12.8 Å².